The van der Waals surface area contributed by atoms with Gasteiger partial charge in [-0.05, 0) is 75.1 Å². The van der Waals surface area contributed by atoms with E-state index in [1.807, 2.05) is 57.2 Å². The molecule has 1 aromatic heterocycles. The number of hydrogen-bond acceptors (Lipinski definition) is 5. The molecule has 2 heterocycles. The van der Waals surface area contributed by atoms with Crippen molar-refractivity contribution in [1.82, 2.24) is 15.1 Å². The first-order valence-electron chi connectivity index (χ1n) is 12.0. The summed E-state index contributed by atoms with van der Waals surface area (Å²) in [6.45, 7) is 7.68. The van der Waals surface area contributed by atoms with Gasteiger partial charge in [-0.15, -0.1) is 5.10 Å². The summed E-state index contributed by atoms with van der Waals surface area (Å²) in [6, 6.07) is 16.4. The van der Waals surface area contributed by atoms with Gasteiger partial charge in [-0.25, -0.2) is 0 Å². The summed E-state index contributed by atoms with van der Waals surface area (Å²) in [5.41, 5.74) is 2.34. The predicted molar refractivity (Wildman–Crippen MR) is 139 cm³/mol. The summed E-state index contributed by atoms with van der Waals surface area (Å²) in [7, 11) is 0. The summed E-state index contributed by atoms with van der Waals surface area (Å²) in [6.07, 6.45) is 1.81. The molecule has 7 nitrogen and oxygen atoms in total. The Labute approximate surface area is 210 Å². The molecule has 1 saturated heterocycles. The van der Waals surface area contributed by atoms with E-state index in [0.717, 1.165) is 36.3 Å². The van der Waals surface area contributed by atoms with Crippen molar-refractivity contribution in [2.75, 3.05) is 18.0 Å². The number of rotatable bonds is 7. The lowest BCUT2D eigenvalue weighted by Crippen LogP contribution is -2.43. The van der Waals surface area contributed by atoms with Crippen molar-refractivity contribution in [2.24, 2.45) is 5.92 Å². The quantitative estimate of drug-likeness (QED) is 0.522. The van der Waals surface area contributed by atoms with Gasteiger partial charge in [-0.3, -0.25) is 9.59 Å². The summed E-state index contributed by atoms with van der Waals surface area (Å²) in [5, 5.41) is 8.22. The minimum Gasteiger partial charge on any atom is -0.491 e. The van der Waals surface area contributed by atoms with Crippen LogP contribution in [0.25, 0.3) is 5.69 Å². The third-order valence-corrected chi connectivity index (χ3v) is 6.47. The van der Waals surface area contributed by atoms with Crippen LogP contribution in [0.4, 0.5) is 5.82 Å². The lowest BCUT2D eigenvalue weighted by Gasteiger charge is -2.33. The molecule has 2 aromatic carbocycles. The summed E-state index contributed by atoms with van der Waals surface area (Å²) in [4.78, 5) is 27.5. The Bertz CT molecular complexity index is 1240. The lowest BCUT2D eigenvalue weighted by atomic mass is 9.97. The molecule has 4 rings (SSSR count). The maximum absolute atomic E-state index is 12.9. The average molecular weight is 495 g/mol. The van der Waals surface area contributed by atoms with Gasteiger partial charge in [0.15, 0.2) is 0 Å². The Morgan fingerprint density at radius 2 is 1.94 bits per heavy atom. The first kappa shape index (κ1) is 24.8. The molecule has 0 bridgehead atoms. The minimum atomic E-state index is -0.232. The fourth-order valence-corrected chi connectivity index (χ4v) is 4.33. The van der Waals surface area contributed by atoms with Gasteiger partial charge in [0.1, 0.15) is 11.6 Å². The molecule has 1 fully saturated rings. The lowest BCUT2D eigenvalue weighted by molar-refractivity contribution is -0.125. The van der Waals surface area contributed by atoms with E-state index in [1.165, 1.54) is 10.7 Å². The van der Waals surface area contributed by atoms with E-state index in [2.05, 4.69) is 15.3 Å². The van der Waals surface area contributed by atoms with Crippen LogP contribution in [-0.4, -0.2) is 34.9 Å². The van der Waals surface area contributed by atoms with Crippen molar-refractivity contribution in [2.45, 2.75) is 46.3 Å². The zero-order valence-corrected chi connectivity index (χ0v) is 21.1. The molecule has 0 radical (unpaired) electrons. The van der Waals surface area contributed by atoms with Gasteiger partial charge < -0.3 is 15.0 Å². The highest BCUT2D eigenvalue weighted by atomic mass is 35.5. The summed E-state index contributed by atoms with van der Waals surface area (Å²) in [5.74, 6) is 1.36. The van der Waals surface area contributed by atoms with Gasteiger partial charge >= 0.3 is 0 Å². The number of piperidine rings is 1. The van der Waals surface area contributed by atoms with Gasteiger partial charge in [0.25, 0.3) is 5.56 Å². The van der Waals surface area contributed by atoms with E-state index in [9.17, 15) is 9.59 Å². The van der Waals surface area contributed by atoms with E-state index in [-0.39, 0.29) is 23.5 Å². The number of carbonyl (C=O) groups excluding carboxylic acids is 1. The first-order chi connectivity index (χ1) is 16.8. The minimum absolute atomic E-state index is 0.0239. The number of nitrogens with zero attached hydrogens (tertiary/aromatic N) is 3. The van der Waals surface area contributed by atoms with Gasteiger partial charge in [-0.2, -0.15) is 4.68 Å². The molecule has 8 heteroatoms. The molecule has 35 heavy (non-hydrogen) atoms. The Hall–Kier alpha value is -3.32. The van der Waals surface area contributed by atoms with Crippen molar-refractivity contribution >= 4 is 23.3 Å². The fourth-order valence-electron chi connectivity index (χ4n) is 4.16. The molecule has 0 aliphatic carbocycles. The van der Waals surface area contributed by atoms with Crippen LogP contribution in [0.5, 0.6) is 5.75 Å². The number of ether oxygens (including phenoxy) is 1. The highest BCUT2D eigenvalue weighted by Crippen LogP contribution is 2.23. The van der Waals surface area contributed by atoms with E-state index < -0.39 is 0 Å². The third kappa shape index (κ3) is 6.22. The summed E-state index contributed by atoms with van der Waals surface area (Å²) >= 11 is 6.26. The van der Waals surface area contributed by atoms with Gasteiger partial charge in [0.05, 0.1) is 17.7 Å². The van der Waals surface area contributed by atoms with Crippen LogP contribution >= 0.6 is 11.6 Å². The summed E-state index contributed by atoms with van der Waals surface area (Å²) < 4.78 is 7.03. The Kier molecular flexibility index (Phi) is 7.76. The molecule has 3 aromatic rings. The Morgan fingerprint density at radius 3 is 2.66 bits per heavy atom. The normalized spacial score (nSPS) is 15.8. The van der Waals surface area contributed by atoms with Crippen molar-refractivity contribution in [3.8, 4) is 11.4 Å². The van der Waals surface area contributed by atoms with E-state index in [0.29, 0.717) is 29.6 Å². The fraction of sp³-hybridized carbons (Fsp3) is 0.370. The van der Waals surface area contributed by atoms with Crippen LogP contribution < -0.4 is 20.5 Å². The predicted octanol–water partition coefficient (Wildman–Crippen LogP) is 4.51. The number of halogens is 1. The second kappa shape index (κ2) is 11.0. The zero-order chi connectivity index (χ0) is 24.9. The maximum Gasteiger partial charge on any atom is 0.271 e. The van der Waals surface area contributed by atoms with Crippen molar-refractivity contribution < 1.29 is 9.53 Å². The number of hydrogen-bond donors (Lipinski definition) is 1. The molecule has 0 spiro atoms. The third-order valence-electron chi connectivity index (χ3n) is 6.06. The number of aryl methyl sites for hydroxylation is 1. The topological polar surface area (TPSA) is 76.5 Å². The average Bonchev–Trinajstić information content (AvgIpc) is 2.85. The van der Waals surface area contributed by atoms with E-state index in [4.69, 9.17) is 16.3 Å². The van der Waals surface area contributed by atoms with Crippen LogP contribution in [0.3, 0.4) is 0 Å². The highest BCUT2D eigenvalue weighted by Gasteiger charge is 2.27. The maximum atomic E-state index is 12.9. The standard InChI is InChI=1S/C27H31ClN4O3/c1-18(2)35-23-10-7-20(8-11-23)16-29-27(34)21-5-4-14-31(17-21)25-12-13-26(33)32(30-25)22-9-6-19(3)24(28)15-22/h6-13,15,18,21H,4-5,14,16-17H2,1-3H3,(H,29,34). The molecule has 184 valence electrons. The van der Waals surface area contributed by atoms with Crippen molar-refractivity contribution in [3.05, 3.63) is 81.1 Å². The Balaban J connectivity index is 1.41. The molecular weight excluding hydrogens is 464 g/mol. The monoisotopic (exact) mass is 494 g/mol. The van der Waals surface area contributed by atoms with Crippen LogP contribution in [0.2, 0.25) is 5.02 Å². The smallest absolute Gasteiger partial charge is 0.271 e. The number of anilines is 1. The van der Waals surface area contributed by atoms with Crippen LogP contribution in [-0.2, 0) is 11.3 Å². The largest absolute Gasteiger partial charge is 0.491 e. The number of carbonyl (C=O) groups is 1. The van der Waals surface area contributed by atoms with Crippen LogP contribution in [0.1, 0.15) is 37.8 Å². The van der Waals surface area contributed by atoms with Crippen LogP contribution in [0.15, 0.2) is 59.4 Å². The number of amides is 1. The van der Waals surface area contributed by atoms with Gasteiger partial charge in [-0.1, -0.05) is 29.8 Å². The van der Waals surface area contributed by atoms with Crippen molar-refractivity contribution in [1.29, 1.82) is 0 Å². The molecule has 1 aliphatic heterocycles. The first-order valence-corrected chi connectivity index (χ1v) is 12.3. The van der Waals surface area contributed by atoms with E-state index >= 15 is 0 Å². The SMILES string of the molecule is Cc1ccc(-n2nc(N3CCCC(C(=O)NCc4ccc(OC(C)C)cc4)C3)ccc2=O)cc1Cl. The van der Waals surface area contributed by atoms with Crippen LogP contribution in [0, 0.1) is 12.8 Å². The highest BCUT2D eigenvalue weighted by molar-refractivity contribution is 6.31. The second-order valence-electron chi connectivity index (χ2n) is 9.19. The molecule has 1 unspecified atom stereocenters. The zero-order valence-electron chi connectivity index (χ0n) is 20.3. The Morgan fingerprint density at radius 1 is 1.17 bits per heavy atom. The number of nitrogens with one attached hydrogen (secondary N) is 1. The number of aromatic nitrogens is 2. The van der Waals surface area contributed by atoms with Gasteiger partial charge in [0.2, 0.25) is 5.91 Å². The molecule has 1 N–H and O–H groups in total. The molecule has 1 aliphatic rings. The molecule has 0 saturated carbocycles. The van der Waals surface area contributed by atoms with E-state index in [1.54, 1.807) is 12.1 Å². The van der Waals surface area contributed by atoms with Crippen molar-refractivity contribution in [3.63, 3.8) is 0 Å². The molecular formula is C27H31ClN4O3. The molecule has 1 amide bonds. The second-order valence-corrected chi connectivity index (χ2v) is 9.60. The number of benzene rings is 2. The van der Waals surface area contributed by atoms with Gasteiger partial charge in [0, 0.05) is 30.7 Å². The molecule has 1 atom stereocenters.